The van der Waals surface area contributed by atoms with E-state index in [1.165, 1.54) is 21.3 Å². The van der Waals surface area contributed by atoms with Crippen molar-refractivity contribution in [2.75, 3.05) is 6.54 Å². The van der Waals surface area contributed by atoms with Crippen LogP contribution in [-0.4, -0.2) is 37.6 Å². The molecule has 2 heterocycles. The van der Waals surface area contributed by atoms with Crippen molar-refractivity contribution < 1.29 is 4.79 Å². The first-order chi connectivity index (χ1) is 13.7. The molecule has 0 aliphatic heterocycles. The van der Waals surface area contributed by atoms with Crippen LogP contribution in [-0.2, 0) is 24.2 Å². The molecule has 142 valence electrons. The Labute approximate surface area is 162 Å². The minimum atomic E-state index is -0.134. The molecule has 0 spiro atoms. The monoisotopic (exact) mass is 374 g/mol. The van der Waals surface area contributed by atoms with Gasteiger partial charge in [0.15, 0.2) is 0 Å². The summed E-state index contributed by atoms with van der Waals surface area (Å²) < 4.78 is 0. The number of carbonyl (C=O) groups is 1. The summed E-state index contributed by atoms with van der Waals surface area (Å²) in [5.74, 6) is 0.388. The number of nitrogens with one attached hydrogen (secondary N) is 2. The van der Waals surface area contributed by atoms with Crippen LogP contribution in [0.15, 0.2) is 54.7 Å². The smallest absolute Gasteiger partial charge is 0.243 e. The standard InChI is InChI=1S/C21H22N6O/c1-2-15-7-9-16(10-8-15)21-24-26-27(25-21)14-20(28)22-12-11-17-13-23-19-6-4-3-5-18(17)19/h3-10,13,23H,2,11-12,14H2,1H3,(H,22,28). The van der Waals surface area contributed by atoms with E-state index < -0.39 is 0 Å². The number of hydrogen-bond donors (Lipinski definition) is 2. The van der Waals surface area contributed by atoms with Crippen LogP contribution in [0.3, 0.4) is 0 Å². The van der Waals surface area contributed by atoms with Crippen LogP contribution in [0.1, 0.15) is 18.1 Å². The molecule has 0 saturated heterocycles. The average Bonchev–Trinajstić information content (AvgIpc) is 3.35. The van der Waals surface area contributed by atoms with Crippen LogP contribution < -0.4 is 5.32 Å². The number of benzene rings is 2. The number of fused-ring (bicyclic) bond motifs is 1. The summed E-state index contributed by atoms with van der Waals surface area (Å²) in [5, 5.41) is 16.4. The Morgan fingerprint density at radius 1 is 1.14 bits per heavy atom. The third kappa shape index (κ3) is 3.93. The topological polar surface area (TPSA) is 88.5 Å². The minimum absolute atomic E-state index is 0.0495. The van der Waals surface area contributed by atoms with E-state index in [0.29, 0.717) is 12.4 Å². The highest BCUT2D eigenvalue weighted by Gasteiger charge is 2.10. The molecule has 2 N–H and O–H groups in total. The number of aromatic amines is 1. The first-order valence-corrected chi connectivity index (χ1v) is 9.41. The maximum absolute atomic E-state index is 12.2. The molecule has 0 aliphatic rings. The Morgan fingerprint density at radius 3 is 2.79 bits per heavy atom. The molecule has 2 aromatic heterocycles. The second kappa shape index (κ2) is 8.04. The van der Waals surface area contributed by atoms with E-state index in [-0.39, 0.29) is 12.5 Å². The third-order valence-electron chi connectivity index (χ3n) is 4.75. The number of nitrogens with zero attached hydrogens (tertiary/aromatic N) is 4. The van der Waals surface area contributed by atoms with Crippen molar-refractivity contribution in [2.45, 2.75) is 26.3 Å². The lowest BCUT2D eigenvalue weighted by molar-refractivity contribution is -0.122. The van der Waals surface area contributed by atoms with Crippen molar-refractivity contribution in [3.05, 3.63) is 65.9 Å². The maximum Gasteiger partial charge on any atom is 0.243 e. The number of tetrazole rings is 1. The minimum Gasteiger partial charge on any atom is -0.361 e. The predicted octanol–water partition coefficient (Wildman–Crippen LogP) is 2.74. The molecule has 0 bridgehead atoms. The van der Waals surface area contributed by atoms with Crippen LogP contribution in [0.2, 0.25) is 0 Å². The van der Waals surface area contributed by atoms with E-state index in [9.17, 15) is 4.79 Å². The van der Waals surface area contributed by atoms with Crippen LogP contribution in [0, 0.1) is 0 Å². The zero-order valence-electron chi connectivity index (χ0n) is 15.7. The largest absolute Gasteiger partial charge is 0.361 e. The number of aromatic nitrogens is 5. The molecule has 2 aromatic carbocycles. The molecule has 0 fully saturated rings. The molecule has 0 radical (unpaired) electrons. The second-order valence-electron chi connectivity index (χ2n) is 6.65. The van der Waals surface area contributed by atoms with Crippen LogP contribution in [0.4, 0.5) is 0 Å². The molecule has 1 amide bonds. The molecule has 0 unspecified atom stereocenters. The summed E-state index contributed by atoms with van der Waals surface area (Å²) in [6, 6.07) is 16.2. The van der Waals surface area contributed by atoms with Gasteiger partial charge in [-0.2, -0.15) is 4.80 Å². The van der Waals surface area contributed by atoms with Gasteiger partial charge in [0.05, 0.1) is 0 Å². The molecule has 7 nitrogen and oxygen atoms in total. The van der Waals surface area contributed by atoms with Crippen molar-refractivity contribution in [3.63, 3.8) is 0 Å². The molecule has 4 rings (SSSR count). The third-order valence-corrected chi connectivity index (χ3v) is 4.75. The molecule has 0 atom stereocenters. The van der Waals surface area contributed by atoms with Crippen LogP contribution in [0.5, 0.6) is 0 Å². The van der Waals surface area contributed by atoms with Crippen molar-refractivity contribution in [3.8, 4) is 11.4 Å². The zero-order chi connectivity index (χ0) is 19.3. The first-order valence-electron chi connectivity index (χ1n) is 9.41. The lowest BCUT2D eigenvalue weighted by Crippen LogP contribution is -2.30. The van der Waals surface area contributed by atoms with Crippen molar-refractivity contribution >= 4 is 16.8 Å². The number of para-hydroxylation sites is 1. The van der Waals surface area contributed by atoms with Gasteiger partial charge in [0, 0.05) is 29.2 Å². The summed E-state index contributed by atoms with van der Waals surface area (Å²) in [6.45, 7) is 2.72. The zero-order valence-corrected chi connectivity index (χ0v) is 15.7. The van der Waals surface area contributed by atoms with Gasteiger partial charge in [-0.3, -0.25) is 4.79 Å². The van der Waals surface area contributed by atoms with E-state index in [1.807, 2.05) is 48.7 Å². The van der Waals surface area contributed by atoms with E-state index in [2.05, 4.69) is 38.7 Å². The highest BCUT2D eigenvalue weighted by molar-refractivity contribution is 5.83. The van der Waals surface area contributed by atoms with Gasteiger partial charge >= 0.3 is 0 Å². The Hall–Kier alpha value is -3.48. The molecule has 4 aromatic rings. The number of rotatable bonds is 7. The van der Waals surface area contributed by atoms with Crippen LogP contribution >= 0.6 is 0 Å². The summed E-state index contributed by atoms with van der Waals surface area (Å²) in [5.41, 5.74) is 4.44. The lowest BCUT2D eigenvalue weighted by Gasteiger charge is -2.04. The summed E-state index contributed by atoms with van der Waals surface area (Å²) >= 11 is 0. The number of aryl methyl sites for hydroxylation is 1. The van der Waals surface area contributed by atoms with E-state index >= 15 is 0 Å². The number of H-pyrrole nitrogens is 1. The Bertz CT molecular complexity index is 1080. The van der Waals surface area contributed by atoms with Gasteiger partial charge < -0.3 is 10.3 Å². The maximum atomic E-state index is 12.2. The second-order valence-corrected chi connectivity index (χ2v) is 6.65. The number of amides is 1. The van der Waals surface area contributed by atoms with E-state index in [1.54, 1.807) is 0 Å². The highest BCUT2D eigenvalue weighted by Crippen LogP contribution is 2.17. The first kappa shape index (κ1) is 17.9. The predicted molar refractivity (Wildman–Crippen MR) is 108 cm³/mol. The number of hydrogen-bond acceptors (Lipinski definition) is 4. The molecule has 0 aliphatic carbocycles. The van der Waals surface area contributed by atoms with Crippen molar-refractivity contribution in [2.24, 2.45) is 0 Å². The fourth-order valence-corrected chi connectivity index (χ4v) is 3.17. The van der Waals surface area contributed by atoms with Gasteiger partial charge in [0.25, 0.3) is 0 Å². The van der Waals surface area contributed by atoms with Crippen molar-refractivity contribution in [1.82, 2.24) is 30.5 Å². The van der Waals surface area contributed by atoms with E-state index in [4.69, 9.17) is 0 Å². The van der Waals surface area contributed by atoms with Gasteiger partial charge in [-0.15, -0.1) is 10.2 Å². The van der Waals surface area contributed by atoms with Crippen LogP contribution in [0.25, 0.3) is 22.3 Å². The van der Waals surface area contributed by atoms with Gasteiger partial charge in [0.1, 0.15) is 6.54 Å². The Morgan fingerprint density at radius 2 is 1.96 bits per heavy atom. The lowest BCUT2D eigenvalue weighted by atomic mass is 10.1. The molecule has 7 heteroatoms. The summed E-state index contributed by atoms with van der Waals surface area (Å²) in [4.78, 5) is 16.8. The van der Waals surface area contributed by atoms with E-state index in [0.717, 1.165) is 23.9 Å². The summed E-state index contributed by atoms with van der Waals surface area (Å²) in [7, 11) is 0. The fourth-order valence-electron chi connectivity index (χ4n) is 3.17. The average molecular weight is 374 g/mol. The highest BCUT2D eigenvalue weighted by atomic mass is 16.2. The molecular formula is C21H22N6O. The number of carbonyl (C=O) groups excluding carboxylic acids is 1. The molecule has 0 saturated carbocycles. The Kier molecular flexibility index (Phi) is 5.14. The van der Waals surface area contributed by atoms with Crippen molar-refractivity contribution in [1.29, 1.82) is 0 Å². The van der Waals surface area contributed by atoms with Gasteiger partial charge in [-0.1, -0.05) is 49.4 Å². The molecular weight excluding hydrogens is 352 g/mol. The van der Waals surface area contributed by atoms with Gasteiger partial charge in [0.2, 0.25) is 11.7 Å². The quantitative estimate of drug-likeness (QED) is 0.521. The molecule has 28 heavy (non-hydrogen) atoms. The summed E-state index contributed by atoms with van der Waals surface area (Å²) in [6.07, 6.45) is 3.74. The normalized spacial score (nSPS) is 11.0. The SMILES string of the molecule is CCc1ccc(-c2nnn(CC(=O)NCCc3c[nH]c4ccccc34)n2)cc1. The van der Waals surface area contributed by atoms with Gasteiger partial charge in [-0.25, -0.2) is 0 Å². The van der Waals surface area contributed by atoms with Gasteiger partial charge in [-0.05, 0) is 35.2 Å². The Balaban J connectivity index is 1.31. The fraction of sp³-hybridized carbons (Fsp3) is 0.238.